The summed E-state index contributed by atoms with van der Waals surface area (Å²) in [7, 11) is 1.56. The SMILES string of the molecule is COc1cc(C=Nc2sc3c(c2C(=O)NCc2ccco2)CCCC3)ccc1OCc1cccc(C(=O)O)c1. The number of carboxylic acids is 1. The van der Waals surface area contributed by atoms with Crippen molar-refractivity contribution in [3.8, 4) is 11.5 Å². The fourth-order valence-corrected chi connectivity index (χ4v) is 5.75. The number of thiophene rings is 1. The summed E-state index contributed by atoms with van der Waals surface area (Å²) >= 11 is 1.57. The number of furan rings is 1. The van der Waals surface area contributed by atoms with E-state index in [-0.39, 0.29) is 18.1 Å². The summed E-state index contributed by atoms with van der Waals surface area (Å²) in [5.41, 5.74) is 3.48. The van der Waals surface area contributed by atoms with Crippen LogP contribution in [0.25, 0.3) is 0 Å². The summed E-state index contributed by atoms with van der Waals surface area (Å²) in [6.45, 7) is 0.515. The first-order valence-corrected chi connectivity index (χ1v) is 13.5. The molecule has 2 aromatic carbocycles. The second kappa shape index (κ2) is 12.0. The van der Waals surface area contributed by atoms with Crippen LogP contribution in [0.3, 0.4) is 0 Å². The van der Waals surface area contributed by atoms with Gasteiger partial charge in [-0.3, -0.25) is 4.79 Å². The molecule has 0 bridgehead atoms. The first kappa shape index (κ1) is 26.2. The molecule has 0 unspecified atom stereocenters. The molecule has 200 valence electrons. The Balaban J connectivity index is 1.33. The monoisotopic (exact) mass is 544 g/mol. The number of amides is 1. The molecule has 39 heavy (non-hydrogen) atoms. The van der Waals surface area contributed by atoms with Gasteiger partial charge in [0.15, 0.2) is 11.5 Å². The van der Waals surface area contributed by atoms with Crippen LogP contribution in [0.4, 0.5) is 5.00 Å². The Morgan fingerprint density at radius 1 is 1.10 bits per heavy atom. The highest BCUT2D eigenvalue weighted by Crippen LogP contribution is 2.40. The molecule has 0 saturated heterocycles. The van der Waals surface area contributed by atoms with Crippen LogP contribution in [0.2, 0.25) is 0 Å². The van der Waals surface area contributed by atoms with E-state index >= 15 is 0 Å². The molecular formula is C30H28N2O6S. The lowest BCUT2D eigenvalue weighted by molar-refractivity contribution is 0.0696. The van der Waals surface area contributed by atoms with E-state index in [1.165, 1.54) is 4.88 Å². The normalized spacial score (nSPS) is 12.7. The first-order chi connectivity index (χ1) is 19.0. The van der Waals surface area contributed by atoms with Crippen molar-refractivity contribution in [1.82, 2.24) is 5.32 Å². The largest absolute Gasteiger partial charge is 0.493 e. The summed E-state index contributed by atoms with van der Waals surface area (Å²) in [4.78, 5) is 30.4. The Hall–Kier alpha value is -4.37. The van der Waals surface area contributed by atoms with Crippen molar-refractivity contribution >= 4 is 34.4 Å². The number of rotatable bonds is 10. The van der Waals surface area contributed by atoms with Crippen LogP contribution in [0, 0.1) is 0 Å². The van der Waals surface area contributed by atoms with Crippen molar-refractivity contribution in [2.75, 3.05) is 7.11 Å². The van der Waals surface area contributed by atoms with Crippen molar-refractivity contribution in [1.29, 1.82) is 0 Å². The van der Waals surface area contributed by atoms with Crippen LogP contribution < -0.4 is 14.8 Å². The number of aromatic carboxylic acids is 1. The number of ether oxygens (including phenoxy) is 2. The fraction of sp³-hybridized carbons (Fsp3) is 0.233. The van der Waals surface area contributed by atoms with Gasteiger partial charge in [-0.1, -0.05) is 12.1 Å². The van der Waals surface area contributed by atoms with Gasteiger partial charge in [-0.25, -0.2) is 9.79 Å². The van der Waals surface area contributed by atoms with Gasteiger partial charge in [0.25, 0.3) is 5.91 Å². The van der Waals surface area contributed by atoms with E-state index in [9.17, 15) is 14.7 Å². The summed E-state index contributed by atoms with van der Waals surface area (Å²) < 4.78 is 16.8. The van der Waals surface area contributed by atoms with E-state index in [2.05, 4.69) is 5.32 Å². The third kappa shape index (κ3) is 6.21. The highest BCUT2D eigenvalue weighted by Gasteiger charge is 2.25. The molecule has 2 heterocycles. The first-order valence-electron chi connectivity index (χ1n) is 12.6. The van der Waals surface area contributed by atoms with Gasteiger partial charge >= 0.3 is 5.97 Å². The minimum atomic E-state index is -0.983. The lowest BCUT2D eigenvalue weighted by Gasteiger charge is -2.12. The van der Waals surface area contributed by atoms with Gasteiger partial charge < -0.3 is 24.3 Å². The molecule has 1 amide bonds. The Morgan fingerprint density at radius 3 is 2.77 bits per heavy atom. The Morgan fingerprint density at radius 2 is 1.97 bits per heavy atom. The van der Waals surface area contributed by atoms with E-state index in [0.717, 1.165) is 42.4 Å². The molecular weight excluding hydrogens is 516 g/mol. The predicted molar refractivity (Wildman–Crippen MR) is 149 cm³/mol. The Labute approximate surface area is 229 Å². The molecule has 5 rings (SSSR count). The van der Waals surface area contributed by atoms with Crippen molar-refractivity contribution in [3.05, 3.63) is 99.3 Å². The van der Waals surface area contributed by atoms with E-state index in [4.69, 9.17) is 18.9 Å². The lowest BCUT2D eigenvalue weighted by Crippen LogP contribution is -2.23. The minimum Gasteiger partial charge on any atom is -0.493 e. The number of hydrogen-bond donors (Lipinski definition) is 2. The zero-order valence-corrected chi connectivity index (χ0v) is 22.3. The average molecular weight is 545 g/mol. The van der Waals surface area contributed by atoms with Gasteiger partial charge in [-0.15, -0.1) is 11.3 Å². The van der Waals surface area contributed by atoms with Crippen molar-refractivity contribution in [2.45, 2.75) is 38.8 Å². The van der Waals surface area contributed by atoms with Crippen LogP contribution >= 0.6 is 11.3 Å². The Kier molecular flexibility index (Phi) is 8.07. The fourth-order valence-electron chi connectivity index (χ4n) is 4.52. The lowest BCUT2D eigenvalue weighted by atomic mass is 9.95. The number of nitrogens with zero attached hydrogens (tertiary/aromatic N) is 1. The number of benzene rings is 2. The number of fused-ring (bicyclic) bond motifs is 1. The van der Waals surface area contributed by atoms with Crippen LogP contribution in [-0.4, -0.2) is 30.3 Å². The number of hydrogen-bond acceptors (Lipinski definition) is 7. The van der Waals surface area contributed by atoms with Gasteiger partial charge in [0.05, 0.1) is 31.0 Å². The van der Waals surface area contributed by atoms with Crippen molar-refractivity contribution < 1.29 is 28.6 Å². The smallest absolute Gasteiger partial charge is 0.335 e. The molecule has 9 heteroatoms. The molecule has 0 radical (unpaired) electrons. The van der Waals surface area contributed by atoms with Gasteiger partial charge in [0, 0.05) is 11.1 Å². The number of carboxylic acid groups (broad SMARTS) is 1. The molecule has 4 aromatic rings. The van der Waals surface area contributed by atoms with E-state index < -0.39 is 5.97 Å². The molecule has 8 nitrogen and oxygen atoms in total. The molecule has 0 fully saturated rings. The van der Waals surface area contributed by atoms with Crippen LogP contribution in [0.1, 0.15) is 60.9 Å². The number of aliphatic imine (C=N–C) groups is 1. The molecule has 2 aromatic heterocycles. The maximum absolute atomic E-state index is 13.2. The average Bonchev–Trinajstić information content (AvgIpc) is 3.62. The maximum Gasteiger partial charge on any atom is 0.335 e. The summed E-state index contributed by atoms with van der Waals surface area (Å²) in [6.07, 6.45) is 7.33. The molecule has 2 N–H and O–H groups in total. The topological polar surface area (TPSA) is 110 Å². The van der Waals surface area contributed by atoms with Gasteiger partial charge in [0.2, 0.25) is 0 Å². The number of carbonyl (C=O) groups is 2. The molecule has 0 spiro atoms. The summed E-state index contributed by atoms with van der Waals surface area (Å²) in [5.74, 6) is 0.616. The maximum atomic E-state index is 13.2. The van der Waals surface area contributed by atoms with Gasteiger partial charge in [-0.2, -0.15) is 0 Å². The number of aryl methyl sites for hydroxylation is 1. The minimum absolute atomic E-state index is 0.147. The third-order valence-corrected chi connectivity index (χ3v) is 7.67. The second-order valence-electron chi connectivity index (χ2n) is 9.12. The van der Waals surface area contributed by atoms with Crippen LogP contribution in [0.15, 0.2) is 70.3 Å². The predicted octanol–water partition coefficient (Wildman–Crippen LogP) is 6.19. The van der Waals surface area contributed by atoms with E-state index in [1.807, 2.05) is 24.3 Å². The molecule has 0 saturated carbocycles. The number of nitrogens with one attached hydrogen (secondary N) is 1. The quantitative estimate of drug-likeness (QED) is 0.231. The third-order valence-electron chi connectivity index (χ3n) is 6.47. The van der Waals surface area contributed by atoms with E-state index in [1.54, 1.807) is 61.3 Å². The Bertz CT molecular complexity index is 1510. The standard InChI is InChI=1S/C30H28N2O6S/c1-36-25-15-19(11-12-24(25)38-18-20-6-4-7-21(14-20)30(34)35)16-32-29-27(23-9-2-3-10-26(23)39-29)28(33)31-17-22-8-5-13-37-22/h4-8,11-16H,2-3,9-10,17-18H2,1H3,(H,31,33)(H,34,35). The van der Waals surface area contributed by atoms with Gasteiger partial charge in [0.1, 0.15) is 17.4 Å². The highest BCUT2D eigenvalue weighted by atomic mass is 32.1. The molecule has 1 aliphatic rings. The molecule has 0 aliphatic heterocycles. The van der Waals surface area contributed by atoms with Crippen molar-refractivity contribution in [3.63, 3.8) is 0 Å². The molecule has 0 atom stereocenters. The summed E-state index contributed by atoms with van der Waals surface area (Å²) in [5, 5.41) is 12.9. The second-order valence-corrected chi connectivity index (χ2v) is 10.2. The summed E-state index contributed by atoms with van der Waals surface area (Å²) in [6, 6.07) is 15.7. The van der Waals surface area contributed by atoms with Crippen molar-refractivity contribution in [2.24, 2.45) is 4.99 Å². The van der Waals surface area contributed by atoms with Crippen LogP contribution in [0.5, 0.6) is 11.5 Å². The van der Waals surface area contributed by atoms with Gasteiger partial charge in [-0.05, 0) is 84.8 Å². The highest BCUT2D eigenvalue weighted by molar-refractivity contribution is 7.16. The zero-order valence-electron chi connectivity index (χ0n) is 21.4. The van der Waals surface area contributed by atoms with Crippen LogP contribution in [-0.2, 0) is 26.0 Å². The number of methoxy groups -OCH3 is 1. The number of carbonyl (C=O) groups excluding carboxylic acids is 1. The van der Waals surface area contributed by atoms with E-state index in [0.29, 0.717) is 34.4 Å². The molecule has 1 aliphatic carbocycles. The zero-order chi connectivity index (χ0) is 27.2.